The summed E-state index contributed by atoms with van der Waals surface area (Å²) in [5.41, 5.74) is 0. The Hall–Kier alpha value is 0.439. The van der Waals surface area contributed by atoms with Gasteiger partial charge in [-0.3, -0.25) is 0 Å². The third-order valence-corrected chi connectivity index (χ3v) is 13.6. The maximum atomic E-state index is 13.1. The predicted octanol–water partition coefficient (Wildman–Crippen LogP) is 12.8. The quantitative estimate of drug-likeness (QED) is 0.0388. The zero-order valence-corrected chi connectivity index (χ0v) is 35.0. The first-order valence-electron chi connectivity index (χ1n) is 19.5. The second-order valence-electron chi connectivity index (χ2n) is 14.0. The molecule has 0 spiro atoms. The minimum atomic E-state index is -3.78. The minimum absolute atomic E-state index is 0.144. The molecule has 2 atom stereocenters. The fourth-order valence-corrected chi connectivity index (χ4v) is 10.7. The number of rotatable bonds is 34. The number of thiol groups is 2. The predicted molar refractivity (Wildman–Crippen MR) is 205 cm³/mol. The minimum Gasteiger partial charge on any atom is -0.0654 e. The molecule has 0 fully saturated rings. The fraction of sp³-hybridized carbons (Fsp3) is 0.947. The van der Waals surface area contributed by atoms with Gasteiger partial charge < -0.3 is 0 Å². The van der Waals surface area contributed by atoms with E-state index < -0.39 is 19.2 Å². The van der Waals surface area contributed by atoms with Crippen molar-refractivity contribution in [2.45, 2.75) is 204 Å². The number of hydrogen-bond donors (Lipinski definition) is 2. The van der Waals surface area contributed by atoms with Gasteiger partial charge in [0.1, 0.15) is 0 Å². The maximum absolute atomic E-state index is 13.1. The van der Waals surface area contributed by atoms with E-state index in [1.165, 1.54) is 141 Å². The molecule has 0 aromatic rings. The van der Waals surface area contributed by atoms with E-state index in [1.807, 2.05) is 9.88 Å². The van der Waals surface area contributed by atoms with E-state index in [2.05, 4.69) is 39.1 Å². The molecule has 0 aliphatic rings. The van der Waals surface area contributed by atoms with Gasteiger partial charge in [-0.1, -0.05) is 65.2 Å². The van der Waals surface area contributed by atoms with Gasteiger partial charge in [0.25, 0.3) is 0 Å². The summed E-state index contributed by atoms with van der Waals surface area (Å²) in [6, 6.07) is 0. The zero-order valence-electron chi connectivity index (χ0n) is 30.4. The van der Waals surface area contributed by atoms with Gasteiger partial charge >= 0.3 is 234 Å². The molecule has 0 radical (unpaired) electrons. The summed E-state index contributed by atoms with van der Waals surface area (Å²) in [5.74, 6) is 0.692. The third-order valence-electron chi connectivity index (χ3n) is 9.13. The average molecular weight is 780 g/mol. The summed E-state index contributed by atoms with van der Waals surface area (Å²) in [4.78, 5) is 30.1. The van der Waals surface area contributed by atoms with E-state index in [0.29, 0.717) is 11.5 Å². The molecular formula is C38H76O4S2Sn. The molecule has 7 heteroatoms. The second-order valence-corrected chi connectivity index (χ2v) is 24.1. The molecule has 0 saturated heterocycles. The molecule has 0 N–H and O–H groups in total. The molecule has 0 aromatic carbocycles. The van der Waals surface area contributed by atoms with Crippen molar-refractivity contribution in [3.05, 3.63) is 0 Å². The summed E-state index contributed by atoms with van der Waals surface area (Å²) in [7, 11) is 0. The molecule has 0 bridgehead atoms. The topological polar surface area (TPSA) is 52.6 Å². The van der Waals surface area contributed by atoms with Gasteiger partial charge in [-0.05, 0) is 0 Å². The molecule has 2 unspecified atom stereocenters. The number of carbonyl (C=O) groups is 2. The number of hydrogen-bond acceptors (Lipinski definition) is 6. The average Bonchev–Trinajstić information content (AvgIpc) is 3.00. The second kappa shape index (κ2) is 33.0. The fourth-order valence-electron chi connectivity index (χ4n) is 6.21. The summed E-state index contributed by atoms with van der Waals surface area (Å²) in [6.07, 6.45) is 34.5. The van der Waals surface area contributed by atoms with Crippen molar-refractivity contribution in [2.75, 3.05) is 11.5 Å². The van der Waals surface area contributed by atoms with E-state index in [4.69, 9.17) is 6.15 Å². The smallest absolute Gasteiger partial charge is 0.0654 e. The van der Waals surface area contributed by atoms with Crippen LogP contribution in [0.5, 0.6) is 0 Å². The van der Waals surface area contributed by atoms with Gasteiger partial charge in [0.15, 0.2) is 0 Å². The van der Waals surface area contributed by atoms with Crippen LogP contribution >= 0.6 is 25.3 Å². The molecular weight excluding hydrogens is 703 g/mol. The zero-order chi connectivity index (χ0) is 33.4. The molecule has 45 heavy (non-hydrogen) atoms. The molecule has 0 amide bonds. The molecule has 0 rings (SSSR count). The van der Waals surface area contributed by atoms with Crippen LogP contribution in [0, 0.1) is 11.8 Å². The van der Waals surface area contributed by atoms with Crippen LogP contribution in [-0.4, -0.2) is 42.6 Å². The van der Waals surface area contributed by atoms with Crippen LogP contribution in [0.15, 0.2) is 0 Å². The van der Waals surface area contributed by atoms with Crippen LogP contribution in [0.3, 0.4) is 0 Å². The molecule has 0 heterocycles. The van der Waals surface area contributed by atoms with Gasteiger partial charge in [-0.25, -0.2) is 0 Å². The molecule has 0 aliphatic heterocycles. The van der Waals surface area contributed by atoms with Gasteiger partial charge in [-0.15, -0.1) is 0 Å². The Morgan fingerprint density at radius 3 is 0.933 bits per heavy atom. The van der Waals surface area contributed by atoms with Crippen molar-refractivity contribution >= 4 is 56.4 Å². The van der Waals surface area contributed by atoms with Crippen LogP contribution in [0.4, 0.5) is 0 Å². The van der Waals surface area contributed by atoms with Crippen molar-refractivity contribution in [1.82, 2.24) is 0 Å². The summed E-state index contributed by atoms with van der Waals surface area (Å²) in [6.45, 7) is 4.54. The Kier molecular flexibility index (Phi) is 33.3. The van der Waals surface area contributed by atoms with E-state index in [0.717, 1.165) is 38.5 Å². The van der Waals surface area contributed by atoms with E-state index in [1.54, 1.807) is 0 Å². The Bertz CT molecular complexity index is 622. The number of unbranched alkanes of at least 4 members (excludes halogenated alkanes) is 22. The first-order valence-corrected chi connectivity index (χ1v) is 28.8. The van der Waals surface area contributed by atoms with E-state index >= 15 is 0 Å². The van der Waals surface area contributed by atoms with Gasteiger partial charge in [0.2, 0.25) is 0 Å². The summed E-state index contributed by atoms with van der Waals surface area (Å²) < 4.78 is 12.0. The first-order chi connectivity index (χ1) is 21.8. The third kappa shape index (κ3) is 29.1. The number of carbonyl (C=O) groups excluding carboxylic acids is 2. The molecule has 0 saturated carbocycles. The Labute approximate surface area is 297 Å². The van der Waals surface area contributed by atoms with Crippen LogP contribution in [0.1, 0.15) is 194 Å². The monoisotopic (exact) mass is 780 g/mol. The Morgan fingerprint density at radius 1 is 0.444 bits per heavy atom. The normalized spacial score (nSPS) is 13.1. The van der Waals surface area contributed by atoms with Crippen molar-refractivity contribution in [3.63, 3.8) is 0 Å². The van der Waals surface area contributed by atoms with Crippen molar-refractivity contribution in [3.8, 4) is 0 Å². The van der Waals surface area contributed by atoms with Crippen molar-refractivity contribution in [2.24, 2.45) is 11.8 Å². The molecule has 0 aliphatic carbocycles. The van der Waals surface area contributed by atoms with Crippen LogP contribution in [-0.2, 0) is 15.7 Å². The van der Waals surface area contributed by atoms with Crippen molar-refractivity contribution in [1.29, 1.82) is 0 Å². The standard InChI is InChI=1S/2C18H36O2S.2CH3.Sn/c2*1-2-3-4-5-6-7-8-9-10-11-12-13-14-17(15-16-21)18(19)20;;;/h2*17,21H,2-16H2,1H3,(H,19,20);2*1H3;/q;;;;+2/p-2. The summed E-state index contributed by atoms with van der Waals surface area (Å²) >= 11 is 5.04. The first kappa shape index (κ1) is 45.4. The van der Waals surface area contributed by atoms with Gasteiger partial charge in [0, 0.05) is 0 Å². The van der Waals surface area contributed by atoms with Crippen molar-refractivity contribution < 1.29 is 15.7 Å². The van der Waals surface area contributed by atoms with E-state index in [-0.39, 0.29) is 23.8 Å². The Morgan fingerprint density at radius 2 is 0.689 bits per heavy atom. The van der Waals surface area contributed by atoms with Gasteiger partial charge in [0.05, 0.1) is 0 Å². The van der Waals surface area contributed by atoms with Crippen LogP contribution in [0.2, 0.25) is 9.88 Å². The molecule has 268 valence electrons. The molecule has 0 aromatic heterocycles. The van der Waals surface area contributed by atoms with Crippen LogP contribution < -0.4 is 0 Å². The molecule has 4 nitrogen and oxygen atoms in total. The SMILES string of the molecule is CCCCCCCCCCCCCCC(CCS)C(=O)[O][Sn]([CH3])([CH3])[O]C(=O)C(CCS)CCCCCCCCCCCCCC. The van der Waals surface area contributed by atoms with Crippen LogP contribution in [0.25, 0.3) is 0 Å². The van der Waals surface area contributed by atoms with E-state index in [9.17, 15) is 9.59 Å². The van der Waals surface area contributed by atoms with Gasteiger partial charge in [-0.2, -0.15) is 0 Å². The Balaban J connectivity index is 4.29. The summed E-state index contributed by atoms with van der Waals surface area (Å²) in [5, 5.41) is 0.